The fourth-order valence-corrected chi connectivity index (χ4v) is 2.63. The summed E-state index contributed by atoms with van der Waals surface area (Å²) in [4.78, 5) is 21.1. The third-order valence-corrected chi connectivity index (χ3v) is 3.95. The van der Waals surface area contributed by atoms with Gasteiger partial charge >= 0.3 is 5.97 Å². The maximum Gasteiger partial charge on any atom is 0.342 e. The Bertz CT molecular complexity index is 992. The lowest BCUT2D eigenvalue weighted by Gasteiger charge is -2.16. The van der Waals surface area contributed by atoms with Crippen molar-refractivity contribution < 1.29 is 13.9 Å². The predicted molar refractivity (Wildman–Crippen MR) is 99.5 cm³/mol. The molecule has 0 amide bonds. The van der Waals surface area contributed by atoms with E-state index in [-0.39, 0.29) is 11.7 Å². The second-order valence-electron chi connectivity index (χ2n) is 6.07. The van der Waals surface area contributed by atoms with E-state index in [1.807, 2.05) is 6.92 Å². The number of rotatable bonds is 4. The molecule has 1 aromatic carbocycles. The van der Waals surface area contributed by atoms with Crippen LogP contribution in [0.2, 0.25) is 5.02 Å². The molecule has 2 aromatic heterocycles. The molecular formula is C19H17ClFN3O2. The summed E-state index contributed by atoms with van der Waals surface area (Å²) in [6, 6.07) is 7.56. The summed E-state index contributed by atoms with van der Waals surface area (Å²) < 4.78 is 18.9. The lowest BCUT2D eigenvalue weighted by molar-refractivity contribution is 0.0379. The van der Waals surface area contributed by atoms with Crippen molar-refractivity contribution in [2.24, 2.45) is 0 Å². The molecule has 0 saturated heterocycles. The van der Waals surface area contributed by atoms with Crippen molar-refractivity contribution in [3.63, 3.8) is 0 Å². The van der Waals surface area contributed by atoms with Crippen LogP contribution in [0.15, 0.2) is 36.5 Å². The molecule has 2 heterocycles. The maximum absolute atomic E-state index is 13.6. The standard InChI is InChI=1S/C19H17ClFN3O2/c1-10(2)26-19(25)14-9-22-18-13(6-4-11(3)23-18)17(14)24-16-8-12(21)5-7-15(16)20/h4-10H,1-3H3,(H,22,23,24). The third-order valence-electron chi connectivity index (χ3n) is 3.62. The molecule has 134 valence electrons. The highest BCUT2D eigenvalue weighted by molar-refractivity contribution is 6.33. The first kappa shape index (κ1) is 18.1. The summed E-state index contributed by atoms with van der Waals surface area (Å²) in [5.41, 5.74) is 2.22. The van der Waals surface area contributed by atoms with Gasteiger partial charge in [0.25, 0.3) is 0 Å². The highest BCUT2D eigenvalue weighted by Gasteiger charge is 2.19. The van der Waals surface area contributed by atoms with E-state index in [0.717, 1.165) is 5.69 Å². The molecule has 7 heteroatoms. The minimum atomic E-state index is -0.537. The molecule has 0 aliphatic rings. The van der Waals surface area contributed by atoms with Crippen molar-refractivity contribution in [3.05, 3.63) is 58.6 Å². The number of carbonyl (C=O) groups excluding carboxylic acids is 1. The van der Waals surface area contributed by atoms with Crippen LogP contribution in [0.25, 0.3) is 11.0 Å². The number of aryl methyl sites for hydroxylation is 1. The molecule has 0 aliphatic heterocycles. The summed E-state index contributed by atoms with van der Waals surface area (Å²) in [7, 11) is 0. The minimum Gasteiger partial charge on any atom is -0.459 e. The number of esters is 1. The average Bonchev–Trinajstić information content (AvgIpc) is 2.57. The normalized spacial score (nSPS) is 11.0. The molecule has 0 saturated carbocycles. The molecule has 26 heavy (non-hydrogen) atoms. The van der Waals surface area contributed by atoms with Gasteiger partial charge in [0, 0.05) is 17.3 Å². The number of benzene rings is 1. The Labute approximate surface area is 155 Å². The van der Waals surface area contributed by atoms with Gasteiger partial charge in [-0.25, -0.2) is 19.2 Å². The number of nitrogens with one attached hydrogen (secondary N) is 1. The van der Waals surface area contributed by atoms with E-state index in [2.05, 4.69) is 15.3 Å². The Morgan fingerprint density at radius 3 is 2.77 bits per heavy atom. The van der Waals surface area contributed by atoms with Gasteiger partial charge in [-0.1, -0.05) is 11.6 Å². The van der Waals surface area contributed by atoms with E-state index in [4.69, 9.17) is 16.3 Å². The molecule has 3 rings (SSSR count). The number of halogens is 2. The highest BCUT2D eigenvalue weighted by atomic mass is 35.5. The number of pyridine rings is 2. The first-order chi connectivity index (χ1) is 12.3. The molecule has 0 fully saturated rings. The number of aromatic nitrogens is 2. The van der Waals surface area contributed by atoms with Crippen molar-refractivity contribution in [3.8, 4) is 0 Å². The largest absolute Gasteiger partial charge is 0.459 e. The number of ether oxygens (including phenoxy) is 1. The Hall–Kier alpha value is -2.73. The van der Waals surface area contributed by atoms with Gasteiger partial charge in [0.2, 0.25) is 0 Å². The van der Waals surface area contributed by atoms with Crippen molar-refractivity contribution in [2.45, 2.75) is 26.9 Å². The molecule has 0 atom stereocenters. The monoisotopic (exact) mass is 373 g/mol. The van der Waals surface area contributed by atoms with Gasteiger partial charge in [-0.3, -0.25) is 0 Å². The molecule has 0 radical (unpaired) electrons. The minimum absolute atomic E-state index is 0.220. The molecular weight excluding hydrogens is 357 g/mol. The number of fused-ring (bicyclic) bond motifs is 1. The highest BCUT2D eigenvalue weighted by Crippen LogP contribution is 2.32. The summed E-state index contributed by atoms with van der Waals surface area (Å²) in [5, 5.41) is 3.97. The maximum atomic E-state index is 13.6. The predicted octanol–water partition coefficient (Wildman–Crippen LogP) is 5.04. The van der Waals surface area contributed by atoms with Gasteiger partial charge in [0.15, 0.2) is 5.65 Å². The Morgan fingerprint density at radius 1 is 1.27 bits per heavy atom. The van der Waals surface area contributed by atoms with Crippen LogP contribution in [-0.4, -0.2) is 22.0 Å². The molecule has 1 N–H and O–H groups in total. The van der Waals surface area contributed by atoms with Crippen LogP contribution in [0.4, 0.5) is 15.8 Å². The van der Waals surface area contributed by atoms with E-state index in [9.17, 15) is 9.18 Å². The van der Waals surface area contributed by atoms with Gasteiger partial charge in [-0.2, -0.15) is 0 Å². The number of carbonyl (C=O) groups is 1. The Kier molecular flexibility index (Phi) is 5.04. The van der Waals surface area contributed by atoms with Crippen LogP contribution < -0.4 is 5.32 Å². The molecule has 0 aliphatic carbocycles. The van der Waals surface area contributed by atoms with Crippen LogP contribution in [-0.2, 0) is 4.74 Å². The van der Waals surface area contributed by atoms with E-state index in [1.165, 1.54) is 24.4 Å². The number of hydrogen-bond donors (Lipinski definition) is 1. The second kappa shape index (κ2) is 7.25. The van der Waals surface area contributed by atoms with Crippen LogP contribution in [0, 0.1) is 12.7 Å². The van der Waals surface area contributed by atoms with Crippen LogP contribution >= 0.6 is 11.6 Å². The number of anilines is 2. The summed E-state index contributed by atoms with van der Waals surface area (Å²) >= 11 is 6.16. The quantitative estimate of drug-likeness (QED) is 0.649. The van der Waals surface area contributed by atoms with Crippen LogP contribution in [0.1, 0.15) is 29.9 Å². The van der Waals surface area contributed by atoms with Crippen molar-refractivity contribution in [1.82, 2.24) is 9.97 Å². The van der Waals surface area contributed by atoms with E-state index in [1.54, 1.807) is 26.0 Å². The number of nitrogens with zero attached hydrogens (tertiary/aromatic N) is 2. The molecule has 0 spiro atoms. The topological polar surface area (TPSA) is 64.1 Å². The molecule has 0 bridgehead atoms. The van der Waals surface area contributed by atoms with Gasteiger partial charge in [-0.15, -0.1) is 0 Å². The van der Waals surface area contributed by atoms with Crippen LogP contribution in [0.3, 0.4) is 0 Å². The third kappa shape index (κ3) is 3.75. The molecule has 5 nitrogen and oxygen atoms in total. The summed E-state index contributed by atoms with van der Waals surface area (Å²) in [6.45, 7) is 5.36. The van der Waals surface area contributed by atoms with E-state index >= 15 is 0 Å². The van der Waals surface area contributed by atoms with E-state index < -0.39 is 11.8 Å². The number of hydrogen-bond acceptors (Lipinski definition) is 5. The Balaban J connectivity index is 2.18. The van der Waals surface area contributed by atoms with Crippen molar-refractivity contribution in [1.29, 1.82) is 0 Å². The fraction of sp³-hybridized carbons (Fsp3) is 0.211. The molecule has 3 aromatic rings. The van der Waals surface area contributed by atoms with Gasteiger partial charge < -0.3 is 10.1 Å². The SMILES string of the molecule is Cc1ccc2c(Nc3cc(F)ccc3Cl)c(C(=O)OC(C)C)cnc2n1. The first-order valence-corrected chi connectivity index (χ1v) is 8.42. The van der Waals surface area contributed by atoms with Gasteiger partial charge in [0.05, 0.1) is 22.5 Å². The zero-order valence-electron chi connectivity index (χ0n) is 14.5. The zero-order valence-corrected chi connectivity index (χ0v) is 15.3. The Morgan fingerprint density at radius 2 is 2.04 bits per heavy atom. The lowest BCUT2D eigenvalue weighted by Crippen LogP contribution is -2.14. The fourth-order valence-electron chi connectivity index (χ4n) is 2.47. The molecule has 0 unspecified atom stereocenters. The average molecular weight is 374 g/mol. The summed E-state index contributed by atoms with van der Waals surface area (Å²) in [5.74, 6) is -0.986. The van der Waals surface area contributed by atoms with Crippen LogP contribution in [0.5, 0.6) is 0 Å². The summed E-state index contributed by atoms with van der Waals surface area (Å²) in [6.07, 6.45) is 1.11. The van der Waals surface area contributed by atoms with Gasteiger partial charge in [0.1, 0.15) is 11.4 Å². The lowest BCUT2D eigenvalue weighted by atomic mass is 10.1. The van der Waals surface area contributed by atoms with Crippen molar-refractivity contribution in [2.75, 3.05) is 5.32 Å². The zero-order chi connectivity index (χ0) is 18.8. The smallest absolute Gasteiger partial charge is 0.342 e. The van der Waals surface area contributed by atoms with E-state index in [0.29, 0.717) is 27.4 Å². The van der Waals surface area contributed by atoms with Gasteiger partial charge in [-0.05, 0) is 51.1 Å². The van der Waals surface area contributed by atoms with Crippen molar-refractivity contribution >= 4 is 40.0 Å². The first-order valence-electron chi connectivity index (χ1n) is 8.04. The second-order valence-corrected chi connectivity index (χ2v) is 6.48.